The molecule has 1 aromatic carbocycles. The molecule has 0 atom stereocenters. The highest BCUT2D eigenvalue weighted by Crippen LogP contribution is 2.05. The van der Waals surface area contributed by atoms with Gasteiger partial charge in [-0.3, -0.25) is 9.59 Å². The van der Waals surface area contributed by atoms with Gasteiger partial charge in [0.05, 0.1) is 24.2 Å². The number of nitrogens with zero attached hydrogens (tertiary/aromatic N) is 1. The summed E-state index contributed by atoms with van der Waals surface area (Å²) in [5.41, 5.74) is 1.61. The fourth-order valence-electron chi connectivity index (χ4n) is 1.72. The van der Waals surface area contributed by atoms with E-state index in [4.69, 9.17) is 10.00 Å². The Morgan fingerprint density at radius 2 is 1.90 bits per heavy atom. The van der Waals surface area contributed by atoms with E-state index in [0.717, 1.165) is 5.56 Å². The van der Waals surface area contributed by atoms with Gasteiger partial charge >= 0.3 is 5.97 Å². The van der Waals surface area contributed by atoms with Gasteiger partial charge in [0.15, 0.2) is 0 Å². The number of benzene rings is 1. The number of aryl methyl sites for hydroxylation is 1. The summed E-state index contributed by atoms with van der Waals surface area (Å²) < 4.78 is 4.97. The van der Waals surface area contributed by atoms with E-state index in [1.54, 1.807) is 26.0 Å². The van der Waals surface area contributed by atoms with Gasteiger partial charge in [-0.1, -0.05) is 12.1 Å². The molecular weight excluding hydrogens is 268 g/mol. The van der Waals surface area contributed by atoms with Gasteiger partial charge in [0.1, 0.15) is 0 Å². The number of hydrogen-bond acceptors (Lipinski definition) is 4. The minimum absolute atomic E-state index is 0.100. The van der Waals surface area contributed by atoms with E-state index in [1.807, 2.05) is 18.2 Å². The van der Waals surface area contributed by atoms with Crippen LogP contribution in [0.1, 0.15) is 37.8 Å². The summed E-state index contributed by atoms with van der Waals surface area (Å²) >= 11 is 0. The molecule has 0 saturated heterocycles. The molecule has 1 aromatic rings. The summed E-state index contributed by atoms with van der Waals surface area (Å²) in [6.45, 7) is 3.86. The third-order valence-electron chi connectivity index (χ3n) is 2.74. The van der Waals surface area contributed by atoms with Crippen molar-refractivity contribution in [2.45, 2.75) is 39.2 Å². The highest BCUT2D eigenvalue weighted by atomic mass is 16.5. The molecule has 0 aliphatic heterocycles. The van der Waals surface area contributed by atoms with Crippen molar-refractivity contribution in [1.29, 1.82) is 5.26 Å². The molecule has 1 N–H and O–H groups in total. The molecule has 0 aliphatic carbocycles. The van der Waals surface area contributed by atoms with E-state index in [2.05, 4.69) is 5.32 Å². The quantitative estimate of drug-likeness (QED) is 0.778. The first kappa shape index (κ1) is 16.7. The van der Waals surface area contributed by atoms with Crippen molar-refractivity contribution >= 4 is 11.9 Å². The first-order valence-electron chi connectivity index (χ1n) is 6.96. The molecule has 0 radical (unpaired) electrons. The van der Waals surface area contributed by atoms with Crippen LogP contribution >= 0.6 is 0 Å². The van der Waals surface area contributed by atoms with Crippen LogP contribution < -0.4 is 5.32 Å². The van der Waals surface area contributed by atoms with Crippen LogP contribution in [0.15, 0.2) is 24.3 Å². The Kier molecular flexibility index (Phi) is 6.96. The molecule has 0 bridgehead atoms. The molecule has 0 spiro atoms. The third kappa shape index (κ3) is 7.11. The van der Waals surface area contributed by atoms with Crippen LogP contribution in [-0.4, -0.2) is 24.5 Å². The lowest BCUT2D eigenvalue weighted by atomic mass is 10.1. The summed E-state index contributed by atoms with van der Waals surface area (Å²) in [7, 11) is 0. The van der Waals surface area contributed by atoms with Crippen LogP contribution in [0.4, 0.5) is 0 Å². The smallest absolute Gasteiger partial charge is 0.307 e. The van der Waals surface area contributed by atoms with Crippen molar-refractivity contribution in [1.82, 2.24) is 5.32 Å². The number of carbonyl (C=O) groups is 2. The normalized spacial score (nSPS) is 10.0. The van der Waals surface area contributed by atoms with Gasteiger partial charge < -0.3 is 10.1 Å². The molecule has 5 heteroatoms. The Hall–Kier alpha value is -2.35. The minimum atomic E-state index is -0.308. The van der Waals surface area contributed by atoms with E-state index in [-0.39, 0.29) is 30.9 Å². The molecule has 1 rings (SSSR count). The lowest BCUT2D eigenvalue weighted by molar-refractivity contribution is -0.147. The van der Waals surface area contributed by atoms with Crippen molar-refractivity contribution in [2.24, 2.45) is 0 Å². The van der Waals surface area contributed by atoms with Crippen molar-refractivity contribution < 1.29 is 14.3 Å². The summed E-state index contributed by atoms with van der Waals surface area (Å²) in [4.78, 5) is 22.9. The van der Waals surface area contributed by atoms with Gasteiger partial charge in [-0.25, -0.2) is 0 Å². The number of esters is 1. The molecule has 5 nitrogen and oxygen atoms in total. The Labute approximate surface area is 124 Å². The standard InChI is InChI=1S/C16H20N2O3/c1-12(2)21-16(20)9-10-18-15(19)8-7-13-3-5-14(11-17)6-4-13/h3-6,12H,7-10H2,1-2H3,(H,18,19). The largest absolute Gasteiger partial charge is 0.463 e. The van der Waals surface area contributed by atoms with Crippen LogP contribution in [0.2, 0.25) is 0 Å². The van der Waals surface area contributed by atoms with Crippen LogP contribution in [0.3, 0.4) is 0 Å². The van der Waals surface area contributed by atoms with E-state index < -0.39 is 0 Å². The molecule has 112 valence electrons. The van der Waals surface area contributed by atoms with Crippen molar-refractivity contribution in [3.63, 3.8) is 0 Å². The molecule has 0 aromatic heterocycles. The van der Waals surface area contributed by atoms with Gasteiger partial charge in [0.2, 0.25) is 5.91 Å². The van der Waals surface area contributed by atoms with Crippen LogP contribution in [0.5, 0.6) is 0 Å². The SMILES string of the molecule is CC(C)OC(=O)CCNC(=O)CCc1ccc(C#N)cc1. The average molecular weight is 288 g/mol. The number of nitriles is 1. The molecule has 0 saturated carbocycles. The van der Waals surface area contributed by atoms with Gasteiger partial charge in [-0.2, -0.15) is 5.26 Å². The third-order valence-corrected chi connectivity index (χ3v) is 2.74. The maximum absolute atomic E-state index is 11.6. The summed E-state index contributed by atoms with van der Waals surface area (Å²) in [6.07, 6.45) is 1.00. The van der Waals surface area contributed by atoms with Gasteiger partial charge in [-0.05, 0) is 38.0 Å². The van der Waals surface area contributed by atoms with E-state index in [1.165, 1.54) is 0 Å². The van der Waals surface area contributed by atoms with Crippen molar-refractivity contribution in [2.75, 3.05) is 6.54 Å². The molecule has 21 heavy (non-hydrogen) atoms. The Bertz CT molecular complexity index is 515. The number of hydrogen-bond donors (Lipinski definition) is 1. The predicted octanol–water partition coefficient (Wildman–Crippen LogP) is 1.95. The first-order chi connectivity index (χ1) is 10.0. The molecule has 1 amide bonds. The Morgan fingerprint density at radius 1 is 1.24 bits per heavy atom. The Balaban J connectivity index is 2.22. The van der Waals surface area contributed by atoms with E-state index in [9.17, 15) is 9.59 Å². The average Bonchev–Trinajstić information content (AvgIpc) is 2.45. The summed E-state index contributed by atoms with van der Waals surface area (Å²) in [5, 5.41) is 11.4. The first-order valence-corrected chi connectivity index (χ1v) is 6.96. The summed E-state index contributed by atoms with van der Waals surface area (Å²) in [6, 6.07) is 9.19. The van der Waals surface area contributed by atoms with Gasteiger partial charge in [0.25, 0.3) is 0 Å². The van der Waals surface area contributed by atoms with Crippen LogP contribution in [0, 0.1) is 11.3 Å². The fourth-order valence-corrected chi connectivity index (χ4v) is 1.72. The summed E-state index contributed by atoms with van der Waals surface area (Å²) in [5.74, 6) is -0.408. The lowest BCUT2D eigenvalue weighted by Crippen LogP contribution is -2.27. The van der Waals surface area contributed by atoms with Crippen molar-refractivity contribution in [3.8, 4) is 6.07 Å². The molecule has 0 fully saturated rings. The lowest BCUT2D eigenvalue weighted by Gasteiger charge is -2.08. The van der Waals surface area contributed by atoms with Crippen molar-refractivity contribution in [3.05, 3.63) is 35.4 Å². The number of ether oxygens (including phenoxy) is 1. The molecular formula is C16H20N2O3. The van der Waals surface area contributed by atoms with E-state index >= 15 is 0 Å². The zero-order chi connectivity index (χ0) is 15.7. The number of rotatable bonds is 7. The number of carbonyl (C=O) groups excluding carboxylic acids is 2. The fraction of sp³-hybridized carbons (Fsp3) is 0.438. The maximum Gasteiger partial charge on any atom is 0.307 e. The zero-order valence-corrected chi connectivity index (χ0v) is 12.4. The zero-order valence-electron chi connectivity index (χ0n) is 12.4. The number of nitrogens with one attached hydrogen (secondary N) is 1. The second-order valence-electron chi connectivity index (χ2n) is 4.95. The highest BCUT2D eigenvalue weighted by Gasteiger charge is 2.07. The minimum Gasteiger partial charge on any atom is -0.463 e. The Morgan fingerprint density at radius 3 is 2.48 bits per heavy atom. The molecule has 0 heterocycles. The van der Waals surface area contributed by atoms with Crippen LogP contribution in [0.25, 0.3) is 0 Å². The van der Waals surface area contributed by atoms with E-state index in [0.29, 0.717) is 18.4 Å². The number of amides is 1. The maximum atomic E-state index is 11.6. The second kappa shape index (κ2) is 8.75. The highest BCUT2D eigenvalue weighted by molar-refractivity contribution is 5.77. The van der Waals surface area contributed by atoms with Crippen LogP contribution in [-0.2, 0) is 20.7 Å². The van der Waals surface area contributed by atoms with Gasteiger partial charge in [0, 0.05) is 13.0 Å². The predicted molar refractivity (Wildman–Crippen MR) is 78.3 cm³/mol. The monoisotopic (exact) mass is 288 g/mol. The molecule has 0 aliphatic rings. The van der Waals surface area contributed by atoms with Gasteiger partial charge in [-0.15, -0.1) is 0 Å². The second-order valence-corrected chi connectivity index (χ2v) is 4.95. The molecule has 0 unspecified atom stereocenters. The topological polar surface area (TPSA) is 79.2 Å².